The van der Waals surface area contributed by atoms with Gasteiger partial charge < -0.3 is 0 Å². The quantitative estimate of drug-likeness (QED) is 0.629. The first-order valence-corrected chi connectivity index (χ1v) is 5.96. The Balaban J connectivity index is 2.26. The summed E-state index contributed by atoms with van der Waals surface area (Å²) in [5.41, 5.74) is 0. The lowest BCUT2D eigenvalue weighted by molar-refractivity contribution is 0.218. The second kappa shape index (κ2) is 6.84. The first-order valence-electron chi connectivity index (χ1n) is 5.96. The number of nitrogens with zero attached hydrogens (tertiary/aromatic N) is 2. The molecule has 1 aliphatic rings. The van der Waals surface area contributed by atoms with E-state index in [0.717, 1.165) is 25.4 Å². The molecule has 0 unspecified atom stereocenters. The summed E-state index contributed by atoms with van der Waals surface area (Å²) in [6.07, 6.45) is 8.14. The molecular weight excluding hydrogens is 172 g/mol. The highest BCUT2D eigenvalue weighted by atomic mass is 15.1. The van der Waals surface area contributed by atoms with E-state index < -0.39 is 0 Å². The molecule has 1 fully saturated rings. The largest absolute Gasteiger partial charge is 0.290 e. The smallest absolute Gasteiger partial charge is 0.0866 e. The van der Waals surface area contributed by atoms with Crippen molar-refractivity contribution in [1.82, 2.24) is 4.90 Å². The normalized spacial score (nSPS) is 18.4. The molecule has 0 heterocycles. The molecule has 0 amide bonds. The molecule has 2 heteroatoms. The molecule has 0 bridgehead atoms. The van der Waals surface area contributed by atoms with Crippen LogP contribution in [0.2, 0.25) is 0 Å². The van der Waals surface area contributed by atoms with Crippen LogP contribution in [0.3, 0.4) is 0 Å². The van der Waals surface area contributed by atoms with Crippen LogP contribution in [-0.4, -0.2) is 24.5 Å². The summed E-state index contributed by atoms with van der Waals surface area (Å²) in [6.45, 7) is 5.04. The van der Waals surface area contributed by atoms with Crippen LogP contribution in [0.5, 0.6) is 0 Å². The average Bonchev–Trinajstić information content (AvgIpc) is 2.20. The molecule has 1 saturated carbocycles. The molecule has 0 aliphatic heterocycles. The van der Waals surface area contributed by atoms with Crippen LogP contribution in [-0.2, 0) is 0 Å². The van der Waals surface area contributed by atoms with Crippen molar-refractivity contribution in [1.29, 1.82) is 5.26 Å². The van der Waals surface area contributed by atoms with Crippen LogP contribution in [0.15, 0.2) is 0 Å². The van der Waals surface area contributed by atoms with Gasteiger partial charge >= 0.3 is 0 Å². The molecule has 2 nitrogen and oxygen atoms in total. The van der Waals surface area contributed by atoms with E-state index in [0.29, 0.717) is 6.54 Å². The molecule has 0 atom stereocenters. The van der Waals surface area contributed by atoms with E-state index in [1.54, 1.807) is 0 Å². The van der Waals surface area contributed by atoms with Gasteiger partial charge in [0, 0.05) is 6.54 Å². The highest BCUT2D eigenvalue weighted by molar-refractivity contribution is 4.79. The molecule has 0 aromatic heterocycles. The molecule has 0 N–H and O–H groups in total. The Hall–Kier alpha value is -0.550. The Labute approximate surface area is 87.9 Å². The Bertz CT molecular complexity index is 177. The summed E-state index contributed by atoms with van der Waals surface area (Å²) in [4.78, 5) is 2.32. The van der Waals surface area contributed by atoms with Gasteiger partial charge in [0.05, 0.1) is 12.6 Å². The zero-order valence-electron chi connectivity index (χ0n) is 9.34. The second-order valence-corrected chi connectivity index (χ2v) is 4.40. The van der Waals surface area contributed by atoms with Gasteiger partial charge in [-0.05, 0) is 31.7 Å². The maximum atomic E-state index is 8.70. The van der Waals surface area contributed by atoms with Gasteiger partial charge in [0.25, 0.3) is 0 Å². The third-order valence-electron chi connectivity index (χ3n) is 3.08. The number of rotatable bonds is 5. The van der Waals surface area contributed by atoms with Crippen molar-refractivity contribution in [3.8, 4) is 6.07 Å². The lowest BCUT2D eigenvalue weighted by atomic mass is 9.89. The van der Waals surface area contributed by atoms with Crippen molar-refractivity contribution < 1.29 is 0 Å². The van der Waals surface area contributed by atoms with Crippen molar-refractivity contribution in [2.24, 2.45) is 5.92 Å². The minimum Gasteiger partial charge on any atom is -0.290 e. The van der Waals surface area contributed by atoms with E-state index in [4.69, 9.17) is 5.26 Å². The van der Waals surface area contributed by atoms with Crippen LogP contribution in [0.25, 0.3) is 0 Å². The lowest BCUT2D eigenvalue weighted by Gasteiger charge is -2.27. The summed E-state index contributed by atoms with van der Waals surface area (Å²) >= 11 is 0. The van der Waals surface area contributed by atoms with Gasteiger partial charge in [-0.1, -0.05) is 26.2 Å². The lowest BCUT2D eigenvalue weighted by Crippen LogP contribution is -2.31. The van der Waals surface area contributed by atoms with Crippen LogP contribution >= 0.6 is 0 Å². The predicted octanol–water partition coefficient (Wildman–Crippen LogP) is 2.80. The summed E-state index contributed by atoms with van der Waals surface area (Å²) in [5.74, 6) is 0.864. The molecule has 80 valence electrons. The molecule has 0 aromatic rings. The Morgan fingerprint density at radius 1 is 1.29 bits per heavy atom. The standard InChI is InChI=1S/C12H22N2/c1-2-9-14(10-8-13)11-12-6-4-3-5-7-12/h12H,2-7,9-11H2,1H3. The fourth-order valence-electron chi connectivity index (χ4n) is 2.39. The summed E-state index contributed by atoms with van der Waals surface area (Å²) < 4.78 is 0. The molecule has 14 heavy (non-hydrogen) atoms. The summed E-state index contributed by atoms with van der Waals surface area (Å²) in [7, 11) is 0. The first kappa shape index (κ1) is 11.5. The van der Waals surface area contributed by atoms with E-state index in [2.05, 4.69) is 17.9 Å². The zero-order valence-corrected chi connectivity index (χ0v) is 9.34. The van der Waals surface area contributed by atoms with Crippen molar-refractivity contribution in [2.75, 3.05) is 19.6 Å². The maximum absolute atomic E-state index is 8.70. The van der Waals surface area contributed by atoms with E-state index in [1.165, 1.54) is 32.1 Å². The van der Waals surface area contributed by atoms with Crippen molar-refractivity contribution in [2.45, 2.75) is 45.4 Å². The van der Waals surface area contributed by atoms with Gasteiger partial charge in [0.15, 0.2) is 0 Å². The van der Waals surface area contributed by atoms with Gasteiger partial charge in [-0.3, -0.25) is 4.90 Å². The summed E-state index contributed by atoms with van der Waals surface area (Å²) in [5, 5.41) is 8.70. The van der Waals surface area contributed by atoms with Crippen LogP contribution in [0.4, 0.5) is 0 Å². The zero-order chi connectivity index (χ0) is 10.2. The Morgan fingerprint density at radius 2 is 2.00 bits per heavy atom. The third kappa shape index (κ3) is 4.11. The molecule has 1 aliphatic carbocycles. The number of hydrogen-bond donors (Lipinski definition) is 0. The average molecular weight is 194 g/mol. The van der Waals surface area contributed by atoms with Crippen LogP contribution in [0.1, 0.15) is 45.4 Å². The fraction of sp³-hybridized carbons (Fsp3) is 0.917. The number of nitriles is 1. The minimum absolute atomic E-state index is 0.615. The van der Waals surface area contributed by atoms with Crippen LogP contribution < -0.4 is 0 Å². The van der Waals surface area contributed by atoms with E-state index in [-0.39, 0.29) is 0 Å². The van der Waals surface area contributed by atoms with Crippen molar-refractivity contribution >= 4 is 0 Å². The van der Waals surface area contributed by atoms with Crippen LogP contribution in [0, 0.1) is 17.2 Å². The molecule has 0 aromatic carbocycles. The topological polar surface area (TPSA) is 27.0 Å². The highest BCUT2D eigenvalue weighted by Crippen LogP contribution is 2.24. The molecule has 0 spiro atoms. The highest BCUT2D eigenvalue weighted by Gasteiger charge is 2.16. The predicted molar refractivity (Wildman–Crippen MR) is 58.9 cm³/mol. The van der Waals surface area contributed by atoms with Gasteiger partial charge in [0.1, 0.15) is 0 Å². The van der Waals surface area contributed by atoms with Gasteiger partial charge in [0.2, 0.25) is 0 Å². The second-order valence-electron chi connectivity index (χ2n) is 4.40. The van der Waals surface area contributed by atoms with E-state index >= 15 is 0 Å². The van der Waals surface area contributed by atoms with Gasteiger partial charge in [-0.25, -0.2) is 0 Å². The molecule has 0 saturated heterocycles. The maximum Gasteiger partial charge on any atom is 0.0866 e. The van der Waals surface area contributed by atoms with Crippen molar-refractivity contribution in [3.05, 3.63) is 0 Å². The SMILES string of the molecule is CCCN(CC#N)CC1CCCCC1. The van der Waals surface area contributed by atoms with Gasteiger partial charge in [-0.2, -0.15) is 5.26 Å². The molecule has 1 rings (SSSR count). The molecule has 0 radical (unpaired) electrons. The third-order valence-corrected chi connectivity index (χ3v) is 3.08. The van der Waals surface area contributed by atoms with Crippen molar-refractivity contribution in [3.63, 3.8) is 0 Å². The molecular formula is C12H22N2. The summed E-state index contributed by atoms with van der Waals surface area (Å²) in [6, 6.07) is 2.27. The number of hydrogen-bond acceptors (Lipinski definition) is 2. The monoisotopic (exact) mass is 194 g/mol. The van der Waals surface area contributed by atoms with E-state index in [1.807, 2.05) is 0 Å². The van der Waals surface area contributed by atoms with Gasteiger partial charge in [-0.15, -0.1) is 0 Å². The first-order chi connectivity index (χ1) is 6.86. The van der Waals surface area contributed by atoms with E-state index in [9.17, 15) is 0 Å². The fourth-order valence-corrected chi connectivity index (χ4v) is 2.39. The minimum atomic E-state index is 0.615. The Kier molecular flexibility index (Phi) is 5.63. The Morgan fingerprint density at radius 3 is 2.57 bits per heavy atom.